The Morgan fingerprint density at radius 3 is 1.08 bits per heavy atom. The molecule has 15 aromatic heterocycles. The minimum absolute atomic E-state index is 0.0243. The summed E-state index contributed by atoms with van der Waals surface area (Å²) in [7, 11) is 0. The van der Waals surface area contributed by atoms with Gasteiger partial charge in [-0.05, 0) is 138 Å². The maximum Gasteiger partial charge on any atom is 0.261 e. The topological polar surface area (TPSA) is 276 Å². The van der Waals surface area contributed by atoms with Crippen molar-refractivity contribution in [3.8, 4) is 99.3 Å². The molecule has 3 saturated heterocycles. The lowest BCUT2D eigenvalue weighted by molar-refractivity contribution is 0.0108. The molecule has 18 heterocycles. The third-order valence-electron chi connectivity index (χ3n) is 21.0. The van der Waals surface area contributed by atoms with Crippen LogP contribution in [-0.2, 0) is 19.6 Å². The van der Waals surface area contributed by atoms with Crippen LogP contribution < -0.4 is 0 Å². The quantitative estimate of drug-likeness (QED) is 0.0387. The molecule has 32 heteroatoms. The van der Waals surface area contributed by atoms with Gasteiger partial charge in [0.2, 0.25) is 0 Å². The number of aromatic nitrogens is 18. The first-order chi connectivity index (χ1) is 56.2. The monoisotopic (exact) mass is 1610 g/mol. The summed E-state index contributed by atoms with van der Waals surface area (Å²) in [6.07, 6.45) is 20.7. The number of Topliss-reactive ketones (excluding diaryl/α,β-unsaturated/α-hetero) is 1. The molecule has 3 aromatic carbocycles. The Bertz CT molecular complexity index is 6530. The first kappa shape index (κ1) is 73.7. The number of alkyl halides is 6. The van der Waals surface area contributed by atoms with Crippen LogP contribution in [0, 0.1) is 12.1 Å². The molecule has 0 spiro atoms. The number of pyridine rings is 6. The summed E-state index contributed by atoms with van der Waals surface area (Å²) in [4.78, 5) is 72.7. The van der Waals surface area contributed by atoms with Crippen molar-refractivity contribution in [2.24, 2.45) is 0 Å². The van der Waals surface area contributed by atoms with Gasteiger partial charge >= 0.3 is 0 Å². The van der Waals surface area contributed by atoms with Crippen molar-refractivity contribution in [3.05, 3.63) is 215 Å². The summed E-state index contributed by atoms with van der Waals surface area (Å²) < 4.78 is 95.5. The van der Waals surface area contributed by atoms with Crippen molar-refractivity contribution in [3.63, 3.8) is 0 Å². The zero-order valence-corrected chi connectivity index (χ0v) is 64.2. The number of carbonyl (C=O) groups excluding carboxylic acids is 1. The number of hydrogen-bond acceptors (Lipinski definition) is 19. The van der Waals surface area contributed by atoms with Gasteiger partial charge in [-0.1, -0.05) is 18.2 Å². The van der Waals surface area contributed by atoms with Crippen LogP contribution in [-0.4, -0.2) is 168 Å². The third kappa shape index (κ3) is 15.0. The van der Waals surface area contributed by atoms with Gasteiger partial charge in [-0.2, -0.15) is 19.7 Å². The van der Waals surface area contributed by atoms with Gasteiger partial charge in [-0.3, -0.25) is 64.7 Å². The lowest BCUT2D eigenvalue weighted by Crippen LogP contribution is -2.24. The lowest BCUT2D eigenvalue weighted by atomic mass is 10.0. The number of halogens is 7. The number of fused-ring (bicyclic) bond motifs is 6. The van der Waals surface area contributed by atoms with E-state index < -0.39 is 17.8 Å². The number of carbonyl (C=O) groups is 1. The number of nitrogens with one attached hydrogen (secondary N) is 6. The second-order valence-corrected chi connectivity index (χ2v) is 32.8. The van der Waals surface area contributed by atoms with E-state index in [2.05, 4.69) is 101 Å². The third-order valence-corrected chi connectivity index (χ3v) is 24.1. The normalized spacial score (nSPS) is 15.6. The Balaban J connectivity index is 0.000000116. The molecular formula is C84H66F7N21OS3. The van der Waals surface area contributed by atoms with Crippen molar-refractivity contribution in [1.82, 2.24) is 105 Å². The van der Waals surface area contributed by atoms with Crippen LogP contribution in [0.15, 0.2) is 184 Å². The zero-order chi connectivity index (χ0) is 79.1. The number of aryl methyl sites for hydroxylation is 1. The van der Waals surface area contributed by atoms with E-state index in [9.17, 15) is 35.5 Å². The molecule has 3 aliphatic rings. The van der Waals surface area contributed by atoms with Crippen LogP contribution in [0.25, 0.3) is 165 Å². The molecule has 0 bridgehead atoms. The van der Waals surface area contributed by atoms with E-state index in [-0.39, 0.29) is 49.8 Å². The molecule has 3 fully saturated rings. The van der Waals surface area contributed by atoms with Crippen molar-refractivity contribution in [1.29, 1.82) is 0 Å². The molecule has 3 aliphatic heterocycles. The maximum atomic E-state index is 13.7. The van der Waals surface area contributed by atoms with Gasteiger partial charge in [0.1, 0.15) is 33.6 Å². The highest BCUT2D eigenvalue weighted by molar-refractivity contribution is 7.17. The first-order valence-corrected chi connectivity index (χ1v) is 39.7. The average molecular weight is 1610 g/mol. The molecule has 0 saturated carbocycles. The fourth-order valence-electron chi connectivity index (χ4n) is 15.3. The number of nitrogens with zero attached hydrogens (tertiary/aromatic N) is 15. The minimum Gasteiger partial charge on any atom is -0.335 e. The average Bonchev–Trinajstić information content (AvgIpc) is 1.61. The first-order valence-electron chi connectivity index (χ1n) is 37.2. The second kappa shape index (κ2) is 29.7. The molecule has 6 N–H and O–H groups in total. The molecule has 22 nitrogen and oxygen atoms in total. The Kier molecular flexibility index (Phi) is 18.9. The summed E-state index contributed by atoms with van der Waals surface area (Å²) in [6, 6.07) is 35.1. The van der Waals surface area contributed by atoms with E-state index >= 15 is 0 Å². The van der Waals surface area contributed by atoms with Crippen LogP contribution >= 0.6 is 34.0 Å². The SMILES string of the molecule is CC(=O)c1ccc(-c2cncc3[nH]c(-c4n[nH]c5ccc(-c6cncc(CN7CCC(F)(F)C7)c6)cc45)nc23)s1.Cc1ccc(-c2cncc3[nH]c(-c4n[nH]c5ccc(-c6cncc(CN7CCC(F)(F)C7)c6)cc45)nc23)s1.Fc1ccc(-c2cncc3[nH]c(-c4n[nH]c5ccc(-c6cncc(CN7CCC(F)(F)C7)c6)cc45)nc23)s1. The molecule has 116 heavy (non-hydrogen) atoms. The fraction of sp³-hybridized carbons (Fsp3) is 0.202. The van der Waals surface area contributed by atoms with E-state index in [4.69, 9.17) is 15.0 Å². The van der Waals surface area contributed by atoms with E-state index in [0.29, 0.717) is 78.5 Å². The van der Waals surface area contributed by atoms with Gasteiger partial charge in [0.15, 0.2) is 28.4 Å². The maximum absolute atomic E-state index is 13.7. The highest BCUT2D eigenvalue weighted by Gasteiger charge is 2.40. The minimum atomic E-state index is -2.62. The van der Waals surface area contributed by atoms with Crippen molar-refractivity contribution >= 4 is 106 Å². The van der Waals surface area contributed by atoms with Gasteiger partial charge in [-0.15, -0.1) is 34.0 Å². The number of rotatable bonds is 16. The van der Waals surface area contributed by atoms with Gasteiger partial charge < -0.3 is 15.0 Å². The van der Waals surface area contributed by atoms with Gasteiger partial charge in [0.25, 0.3) is 17.8 Å². The Hall–Kier alpha value is -12.5. The number of H-pyrrole nitrogens is 6. The van der Waals surface area contributed by atoms with Crippen LogP contribution in [0.2, 0.25) is 0 Å². The summed E-state index contributed by atoms with van der Waals surface area (Å²) in [5, 5.41) is 25.3. The largest absolute Gasteiger partial charge is 0.335 e. The number of aromatic amines is 6. The van der Waals surface area contributed by atoms with Crippen LogP contribution in [0.5, 0.6) is 0 Å². The number of thiophene rings is 3. The second-order valence-electron chi connectivity index (χ2n) is 29.4. The molecule has 0 radical (unpaired) electrons. The molecule has 18 aromatic rings. The van der Waals surface area contributed by atoms with Crippen LogP contribution in [0.4, 0.5) is 30.7 Å². The molecule has 580 valence electrons. The van der Waals surface area contributed by atoms with Crippen molar-refractivity contribution in [2.45, 2.75) is 70.5 Å². The Labute approximate surface area is 666 Å². The van der Waals surface area contributed by atoms with Gasteiger partial charge in [0, 0.05) is 183 Å². The van der Waals surface area contributed by atoms with Crippen LogP contribution in [0.1, 0.15) is 57.4 Å². The smallest absolute Gasteiger partial charge is 0.261 e. The molecule has 0 aliphatic carbocycles. The summed E-state index contributed by atoms with van der Waals surface area (Å²) in [5.41, 5.74) is 20.0. The zero-order valence-electron chi connectivity index (χ0n) is 61.8. The number of benzene rings is 3. The summed E-state index contributed by atoms with van der Waals surface area (Å²) >= 11 is 4.18. The van der Waals surface area contributed by atoms with Crippen molar-refractivity contribution in [2.75, 3.05) is 39.3 Å². The standard InChI is InChI=1S/C29H23F2N7OS.C28H23F2N7S.C27H20F3N7S/c1-16(39)24-4-5-25(40-24)21-12-33-13-23-26(21)35-28(34-23)27-20-9-18(2-3-22(20)36-37-27)19-8-17(10-32-11-19)14-38-7-6-29(30,31)15-38;1-16-2-5-24(38-16)21-12-32-13-23-25(21)34-27(33-23)26-20-9-18(3-4-22(20)35-36-26)19-8-17(10-31-11-19)14-37-7-6-28(29,30)15-37;28-23-4-3-22(38-23)19-11-32-12-21-24(19)34-26(33-21)25-18-8-16(1-2-20(18)35-36-25)17-7-15(9-31-10-17)13-37-6-5-27(29,30)14-37/h2-5,8-13H,6-7,14-15H2,1H3,(H,34,35)(H,36,37);2-5,8-13H,6-7,14-15H2,1H3,(H,33,34)(H,35,36);1-4,7-12H,5-6,13-14H2,(H,33,34)(H,35,36). The summed E-state index contributed by atoms with van der Waals surface area (Å²) in [6.45, 7) is 5.44. The highest BCUT2D eigenvalue weighted by atomic mass is 32.1. The van der Waals surface area contributed by atoms with E-state index in [1.807, 2.05) is 85.1 Å². The Morgan fingerprint density at radius 1 is 0.397 bits per heavy atom. The molecule has 0 amide bonds. The lowest BCUT2D eigenvalue weighted by Gasteiger charge is -2.15. The predicted octanol–water partition coefficient (Wildman–Crippen LogP) is 19.0. The number of imidazole rings is 3. The highest BCUT2D eigenvalue weighted by Crippen LogP contribution is 2.42. The van der Waals surface area contributed by atoms with Crippen LogP contribution in [0.3, 0.4) is 0 Å². The number of likely N-dealkylation sites (tertiary alicyclic amines) is 3. The molecule has 0 unspecified atom stereocenters. The number of hydrogen-bond donors (Lipinski definition) is 6. The fourth-order valence-corrected chi connectivity index (χ4v) is 17.8. The Morgan fingerprint density at radius 2 is 0.750 bits per heavy atom. The summed E-state index contributed by atoms with van der Waals surface area (Å²) in [5.74, 6) is -6.01. The molecular weight excluding hydrogens is 1550 g/mol. The number of ketones is 1. The van der Waals surface area contributed by atoms with E-state index in [1.54, 1.807) is 107 Å². The predicted molar refractivity (Wildman–Crippen MR) is 436 cm³/mol. The van der Waals surface area contributed by atoms with Gasteiger partial charge in [0.05, 0.1) is 76.2 Å². The van der Waals surface area contributed by atoms with E-state index in [1.165, 1.54) is 22.3 Å². The van der Waals surface area contributed by atoms with E-state index in [0.717, 1.165) is 159 Å². The van der Waals surface area contributed by atoms with Crippen molar-refractivity contribution < 1.29 is 35.5 Å². The molecule has 0 atom stereocenters. The van der Waals surface area contributed by atoms with Gasteiger partial charge in [-0.25, -0.2) is 41.3 Å². The molecule has 21 rings (SSSR count).